The van der Waals surface area contributed by atoms with Crippen LogP contribution < -0.4 is 15.3 Å². The van der Waals surface area contributed by atoms with E-state index >= 15 is 0 Å². The zero-order valence-corrected chi connectivity index (χ0v) is 20.0. The Balaban J connectivity index is 1.56. The van der Waals surface area contributed by atoms with E-state index in [9.17, 15) is 0 Å². The summed E-state index contributed by atoms with van der Waals surface area (Å²) in [4.78, 5) is 2.42. The molecule has 1 heterocycles. The summed E-state index contributed by atoms with van der Waals surface area (Å²) in [5.74, 6) is 0.411. The second-order valence-electron chi connectivity index (χ2n) is 9.25. The summed E-state index contributed by atoms with van der Waals surface area (Å²) in [7, 11) is 2.22. The van der Waals surface area contributed by atoms with Gasteiger partial charge in [-0.3, -0.25) is 0 Å². The van der Waals surface area contributed by atoms with Crippen LogP contribution >= 0.6 is 15.9 Å². The fourth-order valence-electron chi connectivity index (χ4n) is 5.87. The predicted octanol–water partition coefficient (Wildman–Crippen LogP) is 6.23. The van der Waals surface area contributed by atoms with Crippen LogP contribution in [0.1, 0.15) is 49.8 Å². The van der Waals surface area contributed by atoms with Crippen LogP contribution in [-0.4, -0.2) is 13.1 Å². The SMILES string of the molecule is CC1=Cc2c(Br)c3c(cc2=C1CC1c2ccccc2-c2ccccc21)N(C)C(C)C=3C. The van der Waals surface area contributed by atoms with Crippen molar-refractivity contribution < 1.29 is 0 Å². The van der Waals surface area contributed by atoms with Crippen molar-refractivity contribution in [3.63, 3.8) is 0 Å². The minimum atomic E-state index is 0.411. The van der Waals surface area contributed by atoms with Crippen molar-refractivity contribution in [2.45, 2.75) is 39.2 Å². The van der Waals surface area contributed by atoms with Crippen molar-refractivity contribution in [1.82, 2.24) is 0 Å². The Morgan fingerprint density at radius 2 is 1.55 bits per heavy atom. The molecule has 0 amide bonds. The van der Waals surface area contributed by atoms with Crippen molar-refractivity contribution in [3.8, 4) is 11.1 Å². The van der Waals surface area contributed by atoms with Gasteiger partial charge in [-0.05, 0) is 105 Å². The van der Waals surface area contributed by atoms with E-state index in [0.717, 1.165) is 6.42 Å². The van der Waals surface area contributed by atoms with Crippen molar-refractivity contribution in [2.75, 3.05) is 11.9 Å². The Kier molecular flexibility index (Phi) is 4.14. The van der Waals surface area contributed by atoms with Crippen molar-refractivity contribution in [2.24, 2.45) is 0 Å². The van der Waals surface area contributed by atoms with Gasteiger partial charge in [-0.2, -0.15) is 0 Å². The lowest BCUT2D eigenvalue weighted by Crippen LogP contribution is -2.26. The highest BCUT2D eigenvalue weighted by Crippen LogP contribution is 2.48. The number of hydrogen-bond acceptors (Lipinski definition) is 1. The molecule has 1 nitrogen and oxygen atoms in total. The molecule has 0 N–H and O–H groups in total. The number of benzene rings is 3. The minimum absolute atomic E-state index is 0.411. The highest BCUT2D eigenvalue weighted by Gasteiger charge is 2.31. The first-order valence-corrected chi connectivity index (χ1v) is 11.9. The molecular formula is C29H26BrN. The first kappa shape index (κ1) is 19.1. The maximum atomic E-state index is 3.99. The molecule has 3 aromatic carbocycles. The van der Waals surface area contributed by atoms with Crippen molar-refractivity contribution in [1.29, 1.82) is 0 Å². The molecule has 0 aromatic heterocycles. The van der Waals surface area contributed by atoms with Crippen molar-refractivity contribution in [3.05, 3.63) is 91.8 Å². The number of allylic oxidation sites excluding steroid dienone is 1. The van der Waals surface area contributed by atoms with Gasteiger partial charge in [0.05, 0.1) is 0 Å². The molecular weight excluding hydrogens is 442 g/mol. The molecule has 0 radical (unpaired) electrons. The van der Waals surface area contributed by atoms with Gasteiger partial charge in [0.15, 0.2) is 0 Å². The average molecular weight is 468 g/mol. The van der Waals surface area contributed by atoms with E-state index in [4.69, 9.17) is 0 Å². The molecule has 154 valence electrons. The fourth-order valence-corrected chi connectivity index (χ4v) is 6.72. The van der Waals surface area contributed by atoms with Gasteiger partial charge < -0.3 is 4.90 Å². The van der Waals surface area contributed by atoms with Crippen LogP contribution in [0.2, 0.25) is 0 Å². The molecule has 1 unspecified atom stereocenters. The van der Waals surface area contributed by atoms with E-state index in [1.807, 2.05) is 0 Å². The van der Waals surface area contributed by atoms with Crippen LogP contribution in [0.5, 0.6) is 0 Å². The monoisotopic (exact) mass is 467 g/mol. The molecule has 0 saturated heterocycles. The standard InChI is InChI=1S/C29H26BrN/c1-16-13-26-25(15-27-28(29(26)30)17(2)18(3)31(27)4)23(16)14-24-21-11-7-5-9-19(21)20-10-6-8-12-22(20)24/h5-13,15,18,24H,14H2,1-4H3. The summed E-state index contributed by atoms with van der Waals surface area (Å²) in [6, 6.07) is 20.8. The Hall–Kier alpha value is -2.58. The van der Waals surface area contributed by atoms with Crippen LogP contribution in [-0.2, 0) is 0 Å². The topological polar surface area (TPSA) is 3.24 Å². The maximum absolute atomic E-state index is 3.99. The summed E-state index contributed by atoms with van der Waals surface area (Å²) in [5.41, 5.74) is 12.8. The maximum Gasteiger partial charge on any atom is 0.0478 e. The second-order valence-corrected chi connectivity index (χ2v) is 10.0. The molecule has 2 aliphatic carbocycles. The third-order valence-corrected chi connectivity index (χ3v) is 8.62. The third-order valence-electron chi connectivity index (χ3n) is 7.80. The molecule has 31 heavy (non-hydrogen) atoms. The molecule has 2 heteroatoms. The van der Waals surface area contributed by atoms with Crippen LogP contribution in [0, 0.1) is 0 Å². The predicted molar refractivity (Wildman–Crippen MR) is 136 cm³/mol. The number of nitrogens with zero attached hydrogens (tertiary/aromatic N) is 1. The Labute approximate surface area is 192 Å². The van der Waals surface area contributed by atoms with Gasteiger partial charge in [0.1, 0.15) is 0 Å². The van der Waals surface area contributed by atoms with E-state index in [-0.39, 0.29) is 0 Å². The van der Waals surface area contributed by atoms with Gasteiger partial charge >= 0.3 is 0 Å². The Morgan fingerprint density at radius 3 is 2.19 bits per heavy atom. The van der Waals surface area contributed by atoms with E-state index < -0.39 is 0 Å². The number of hydrogen-bond donors (Lipinski definition) is 0. The minimum Gasteiger partial charge on any atom is -0.368 e. The third kappa shape index (κ3) is 2.55. The Morgan fingerprint density at radius 1 is 0.935 bits per heavy atom. The molecule has 1 atom stereocenters. The summed E-state index contributed by atoms with van der Waals surface area (Å²) >= 11 is 3.99. The first-order valence-electron chi connectivity index (χ1n) is 11.1. The van der Waals surface area contributed by atoms with Gasteiger partial charge in [0.25, 0.3) is 0 Å². The average Bonchev–Trinajstić information content (AvgIpc) is 3.35. The lowest BCUT2D eigenvalue weighted by atomic mass is 9.88. The number of fused-ring (bicyclic) bond motifs is 5. The van der Waals surface area contributed by atoms with Crippen molar-refractivity contribution >= 4 is 38.8 Å². The number of rotatable bonds is 2. The van der Waals surface area contributed by atoms with Gasteiger partial charge in [-0.15, -0.1) is 0 Å². The number of anilines is 1. The summed E-state index contributed by atoms with van der Waals surface area (Å²) in [5, 5.41) is 2.79. The second kappa shape index (κ2) is 6.71. The fraction of sp³-hybridized carbons (Fsp3) is 0.241. The van der Waals surface area contributed by atoms with Gasteiger partial charge in [-0.1, -0.05) is 48.5 Å². The van der Waals surface area contributed by atoms with Gasteiger partial charge in [0.2, 0.25) is 0 Å². The summed E-state index contributed by atoms with van der Waals surface area (Å²) < 4.78 is 1.26. The first-order chi connectivity index (χ1) is 15.0. The zero-order chi connectivity index (χ0) is 21.4. The van der Waals surface area contributed by atoms with Crippen LogP contribution in [0.15, 0.2) is 64.6 Å². The largest absolute Gasteiger partial charge is 0.368 e. The van der Waals surface area contributed by atoms with E-state index in [1.54, 1.807) is 0 Å². The van der Waals surface area contributed by atoms with Gasteiger partial charge in [0, 0.05) is 34.4 Å². The lowest BCUT2D eigenvalue weighted by molar-refractivity contribution is 0.855. The highest BCUT2D eigenvalue weighted by molar-refractivity contribution is 9.10. The number of halogens is 1. The molecule has 0 saturated carbocycles. The molecule has 0 spiro atoms. The van der Waals surface area contributed by atoms with E-state index in [2.05, 4.69) is 109 Å². The highest BCUT2D eigenvalue weighted by atomic mass is 79.9. The molecule has 1 aliphatic heterocycles. The summed E-state index contributed by atoms with van der Waals surface area (Å²) in [6.45, 7) is 6.85. The van der Waals surface area contributed by atoms with Crippen LogP contribution in [0.3, 0.4) is 0 Å². The van der Waals surface area contributed by atoms with Crippen LogP contribution in [0.25, 0.3) is 28.3 Å². The van der Waals surface area contributed by atoms with Crippen LogP contribution in [0.4, 0.5) is 5.69 Å². The smallest absolute Gasteiger partial charge is 0.0478 e. The Bertz CT molecular complexity index is 1380. The van der Waals surface area contributed by atoms with E-state index in [1.165, 1.54) is 65.1 Å². The van der Waals surface area contributed by atoms with Gasteiger partial charge in [-0.25, -0.2) is 0 Å². The zero-order valence-electron chi connectivity index (χ0n) is 18.5. The lowest BCUT2D eigenvalue weighted by Gasteiger charge is -2.21. The molecule has 0 bridgehead atoms. The normalized spacial score (nSPS) is 18.8. The summed E-state index contributed by atoms with van der Waals surface area (Å²) in [6.07, 6.45) is 3.43. The molecule has 3 aromatic rings. The molecule has 0 fully saturated rings. The molecule has 3 aliphatic rings. The molecule has 6 rings (SSSR count). The quantitative estimate of drug-likeness (QED) is 0.431. The van der Waals surface area contributed by atoms with E-state index in [0.29, 0.717) is 12.0 Å².